The van der Waals surface area contributed by atoms with Gasteiger partial charge in [-0.25, -0.2) is 4.79 Å². The van der Waals surface area contributed by atoms with Crippen LogP contribution >= 0.6 is 15.9 Å². The van der Waals surface area contributed by atoms with Gasteiger partial charge < -0.3 is 20.2 Å². The van der Waals surface area contributed by atoms with E-state index < -0.39 is 6.09 Å². The summed E-state index contributed by atoms with van der Waals surface area (Å²) in [5.74, 6) is 0.900. The molecule has 8 heteroatoms. The minimum absolute atomic E-state index is 0.195. The zero-order chi connectivity index (χ0) is 14.4. The Kier molecular flexibility index (Phi) is 5.08. The first-order chi connectivity index (χ1) is 9.66. The van der Waals surface area contributed by atoms with Crippen LogP contribution in [0.4, 0.5) is 4.79 Å². The minimum atomic E-state index is -0.791. The molecule has 0 fully saturated rings. The van der Waals surface area contributed by atoms with Crippen LogP contribution in [0.25, 0.3) is 11.5 Å². The third kappa shape index (κ3) is 4.04. The highest BCUT2D eigenvalue weighted by Gasteiger charge is 2.10. The Morgan fingerprint density at radius 1 is 1.40 bits per heavy atom. The minimum Gasteiger partial charge on any atom is -0.448 e. The number of nitrogens with one attached hydrogen (secondary N) is 1. The van der Waals surface area contributed by atoms with Crippen molar-refractivity contribution in [1.29, 1.82) is 0 Å². The maximum atomic E-state index is 10.4. The van der Waals surface area contributed by atoms with E-state index >= 15 is 0 Å². The van der Waals surface area contributed by atoms with Gasteiger partial charge in [-0.05, 0) is 28.1 Å². The number of halogens is 1. The van der Waals surface area contributed by atoms with Crippen molar-refractivity contribution >= 4 is 22.0 Å². The number of carbonyl (C=O) groups excluding carboxylic acids is 1. The van der Waals surface area contributed by atoms with Crippen LogP contribution in [-0.2, 0) is 11.3 Å². The van der Waals surface area contributed by atoms with Crippen LogP contribution < -0.4 is 11.1 Å². The number of hydrogen-bond donors (Lipinski definition) is 2. The summed E-state index contributed by atoms with van der Waals surface area (Å²) in [7, 11) is 0. The molecule has 0 radical (unpaired) electrons. The van der Waals surface area contributed by atoms with Crippen molar-refractivity contribution in [3.05, 3.63) is 34.6 Å². The van der Waals surface area contributed by atoms with Crippen molar-refractivity contribution in [2.45, 2.75) is 6.54 Å². The smallest absolute Gasteiger partial charge is 0.404 e. The summed E-state index contributed by atoms with van der Waals surface area (Å²) in [6, 6.07) is 7.59. The van der Waals surface area contributed by atoms with Crippen molar-refractivity contribution in [3.63, 3.8) is 0 Å². The molecule has 1 heterocycles. The van der Waals surface area contributed by atoms with E-state index in [0.717, 1.165) is 10.0 Å². The van der Waals surface area contributed by atoms with E-state index in [-0.39, 0.29) is 6.61 Å². The lowest BCUT2D eigenvalue weighted by atomic mass is 10.2. The molecule has 0 bridgehead atoms. The molecule has 0 aliphatic heterocycles. The molecule has 1 aromatic heterocycles. The first kappa shape index (κ1) is 14.5. The maximum absolute atomic E-state index is 10.4. The van der Waals surface area contributed by atoms with Gasteiger partial charge >= 0.3 is 6.09 Å². The third-order valence-electron chi connectivity index (χ3n) is 2.37. The molecule has 2 rings (SSSR count). The van der Waals surface area contributed by atoms with Gasteiger partial charge in [0.15, 0.2) is 0 Å². The Bertz CT molecular complexity index is 588. The molecule has 0 saturated carbocycles. The topological polar surface area (TPSA) is 103 Å². The largest absolute Gasteiger partial charge is 0.448 e. The van der Waals surface area contributed by atoms with Gasteiger partial charge in [0, 0.05) is 11.0 Å². The van der Waals surface area contributed by atoms with E-state index in [1.54, 1.807) is 0 Å². The molecular weight excluding hydrogens is 328 g/mol. The number of hydrogen-bond acceptors (Lipinski definition) is 6. The van der Waals surface area contributed by atoms with E-state index in [2.05, 4.69) is 36.2 Å². The van der Waals surface area contributed by atoms with Gasteiger partial charge in [-0.15, -0.1) is 10.2 Å². The number of nitrogens with two attached hydrogens (primary N) is 1. The van der Waals surface area contributed by atoms with Gasteiger partial charge in [0.1, 0.15) is 6.61 Å². The van der Waals surface area contributed by atoms with Crippen LogP contribution in [0, 0.1) is 0 Å². The molecule has 1 aromatic carbocycles. The number of nitrogens with zero attached hydrogens (tertiary/aromatic N) is 2. The second-order valence-electron chi connectivity index (χ2n) is 3.83. The number of aromatic nitrogens is 2. The van der Waals surface area contributed by atoms with E-state index in [4.69, 9.17) is 10.2 Å². The lowest BCUT2D eigenvalue weighted by Gasteiger charge is -2.01. The lowest BCUT2D eigenvalue weighted by molar-refractivity contribution is 0.157. The molecule has 20 heavy (non-hydrogen) atoms. The van der Waals surface area contributed by atoms with Crippen LogP contribution in [0.15, 0.2) is 33.2 Å². The average molecular weight is 341 g/mol. The van der Waals surface area contributed by atoms with E-state index in [9.17, 15) is 4.79 Å². The SMILES string of the molecule is NC(=O)OCCNCc1nnc(-c2ccccc2Br)o1. The van der Waals surface area contributed by atoms with Gasteiger partial charge in [-0.1, -0.05) is 12.1 Å². The van der Waals surface area contributed by atoms with Gasteiger partial charge in [0.2, 0.25) is 11.8 Å². The molecule has 0 atom stereocenters. The Hall–Kier alpha value is -1.93. The number of carbonyl (C=O) groups is 1. The Morgan fingerprint density at radius 2 is 2.20 bits per heavy atom. The fourth-order valence-electron chi connectivity index (χ4n) is 1.49. The predicted molar refractivity (Wildman–Crippen MR) is 74.7 cm³/mol. The summed E-state index contributed by atoms with van der Waals surface area (Å²) in [6.07, 6.45) is -0.791. The standard InChI is InChI=1S/C12H13BrN4O3/c13-9-4-2-1-3-8(9)11-17-16-10(20-11)7-15-5-6-19-12(14)18/h1-4,15H,5-7H2,(H2,14,18). The summed E-state index contributed by atoms with van der Waals surface area (Å²) >= 11 is 3.43. The Labute approximate surface area is 123 Å². The van der Waals surface area contributed by atoms with E-state index in [0.29, 0.717) is 24.9 Å². The average Bonchev–Trinajstić information content (AvgIpc) is 2.87. The predicted octanol–water partition coefficient (Wildman–Crippen LogP) is 1.68. The monoisotopic (exact) mass is 340 g/mol. The fraction of sp³-hybridized carbons (Fsp3) is 0.250. The molecule has 1 amide bonds. The second-order valence-corrected chi connectivity index (χ2v) is 4.68. The molecule has 0 unspecified atom stereocenters. The highest BCUT2D eigenvalue weighted by atomic mass is 79.9. The summed E-state index contributed by atoms with van der Waals surface area (Å²) < 4.78 is 11.0. The van der Waals surface area contributed by atoms with Gasteiger partial charge in [-0.3, -0.25) is 0 Å². The first-order valence-electron chi connectivity index (χ1n) is 5.87. The van der Waals surface area contributed by atoms with Crippen LogP contribution in [0.1, 0.15) is 5.89 Å². The van der Waals surface area contributed by atoms with Crippen molar-refractivity contribution in [1.82, 2.24) is 15.5 Å². The molecule has 0 aliphatic carbocycles. The number of primary amides is 1. The Balaban J connectivity index is 1.87. The normalized spacial score (nSPS) is 10.4. The maximum Gasteiger partial charge on any atom is 0.404 e. The lowest BCUT2D eigenvalue weighted by Crippen LogP contribution is -2.23. The molecule has 0 aliphatic rings. The first-order valence-corrected chi connectivity index (χ1v) is 6.66. The van der Waals surface area contributed by atoms with Crippen molar-refractivity contribution in [2.24, 2.45) is 5.73 Å². The van der Waals surface area contributed by atoms with Crippen molar-refractivity contribution < 1.29 is 13.9 Å². The van der Waals surface area contributed by atoms with Crippen molar-refractivity contribution in [2.75, 3.05) is 13.2 Å². The van der Waals surface area contributed by atoms with Crippen molar-refractivity contribution in [3.8, 4) is 11.5 Å². The molecule has 3 N–H and O–H groups in total. The molecule has 7 nitrogen and oxygen atoms in total. The zero-order valence-corrected chi connectivity index (χ0v) is 12.1. The van der Waals surface area contributed by atoms with E-state index in [1.807, 2.05) is 24.3 Å². The highest BCUT2D eigenvalue weighted by Crippen LogP contribution is 2.26. The van der Waals surface area contributed by atoms with Crippen LogP contribution in [0.5, 0.6) is 0 Å². The Morgan fingerprint density at radius 3 is 2.95 bits per heavy atom. The number of ether oxygens (including phenoxy) is 1. The molecule has 0 spiro atoms. The number of rotatable bonds is 6. The molecular formula is C12H13BrN4O3. The highest BCUT2D eigenvalue weighted by molar-refractivity contribution is 9.10. The summed E-state index contributed by atoms with van der Waals surface area (Å²) in [5, 5.41) is 10.9. The second kappa shape index (κ2) is 7.01. The van der Waals surface area contributed by atoms with Crippen LogP contribution in [0.3, 0.4) is 0 Å². The van der Waals surface area contributed by atoms with E-state index in [1.165, 1.54) is 0 Å². The molecule has 0 saturated heterocycles. The fourth-order valence-corrected chi connectivity index (χ4v) is 1.94. The van der Waals surface area contributed by atoms with Crippen LogP contribution in [-0.4, -0.2) is 29.4 Å². The number of benzene rings is 1. The number of amides is 1. The van der Waals surface area contributed by atoms with Crippen LogP contribution in [0.2, 0.25) is 0 Å². The third-order valence-corrected chi connectivity index (χ3v) is 3.06. The summed E-state index contributed by atoms with van der Waals surface area (Å²) in [5.41, 5.74) is 5.67. The quantitative estimate of drug-likeness (QED) is 0.775. The molecule has 2 aromatic rings. The van der Waals surface area contributed by atoms with Gasteiger partial charge in [0.05, 0.1) is 12.1 Å². The summed E-state index contributed by atoms with van der Waals surface area (Å²) in [6.45, 7) is 1.04. The van der Waals surface area contributed by atoms with Gasteiger partial charge in [0.25, 0.3) is 0 Å². The van der Waals surface area contributed by atoms with Gasteiger partial charge in [-0.2, -0.15) is 0 Å². The molecule has 106 valence electrons. The summed E-state index contributed by atoms with van der Waals surface area (Å²) in [4.78, 5) is 10.4. The zero-order valence-electron chi connectivity index (χ0n) is 10.5.